The zero-order valence-electron chi connectivity index (χ0n) is 15.2. The normalized spacial score (nSPS) is 10.9. The van der Waals surface area contributed by atoms with Crippen LogP contribution in [0.1, 0.15) is 23.1 Å². The van der Waals surface area contributed by atoms with E-state index in [4.69, 9.17) is 15.0 Å². The molecule has 1 heterocycles. The molecule has 0 radical (unpaired) electrons. The number of methoxy groups -OCH3 is 1. The molecular formula is C20H20FN3O3. The van der Waals surface area contributed by atoms with E-state index in [1.54, 1.807) is 19.2 Å². The zero-order chi connectivity index (χ0) is 19.4. The molecule has 0 aliphatic carbocycles. The number of halogens is 1. The number of nitrogens with two attached hydrogens (primary N) is 1. The summed E-state index contributed by atoms with van der Waals surface area (Å²) >= 11 is 0. The first-order valence-corrected chi connectivity index (χ1v) is 8.47. The van der Waals surface area contributed by atoms with Crippen molar-refractivity contribution in [2.75, 3.05) is 7.11 Å². The van der Waals surface area contributed by atoms with E-state index in [0.29, 0.717) is 29.4 Å². The van der Waals surface area contributed by atoms with Crippen LogP contribution in [-0.4, -0.2) is 23.2 Å². The van der Waals surface area contributed by atoms with Crippen molar-refractivity contribution in [3.05, 3.63) is 58.9 Å². The van der Waals surface area contributed by atoms with Crippen LogP contribution in [-0.2, 0) is 22.6 Å². The van der Waals surface area contributed by atoms with Gasteiger partial charge < -0.3 is 15.0 Å². The highest BCUT2D eigenvalue weighted by Gasteiger charge is 2.14. The number of rotatable bonds is 7. The van der Waals surface area contributed by atoms with Gasteiger partial charge in [0.2, 0.25) is 11.7 Å². The molecule has 0 atom stereocenters. The lowest BCUT2D eigenvalue weighted by Crippen LogP contribution is -2.11. The number of carbonyl (C=O) groups is 1. The number of benzene rings is 2. The van der Waals surface area contributed by atoms with Gasteiger partial charge in [0.15, 0.2) is 0 Å². The predicted octanol–water partition coefficient (Wildman–Crippen LogP) is 3.42. The molecule has 7 heteroatoms. The second-order valence-corrected chi connectivity index (χ2v) is 6.27. The Labute approximate surface area is 156 Å². The zero-order valence-corrected chi connectivity index (χ0v) is 15.2. The maximum atomic E-state index is 14.2. The molecular weight excluding hydrogens is 349 g/mol. The lowest BCUT2D eigenvalue weighted by atomic mass is 10.1. The third-order valence-electron chi connectivity index (χ3n) is 4.27. The molecule has 0 unspecified atom stereocenters. The second-order valence-electron chi connectivity index (χ2n) is 6.27. The molecule has 140 valence electrons. The molecule has 0 saturated carbocycles. The van der Waals surface area contributed by atoms with Gasteiger partial charge in [-0.25, -0.2) is 4.39 Å². The Balaban J connectivity index is 1.84. The molecule has 6 nitrogen and oxygen atoms in total. The van der Waals surface area contributed by atoms with Crippen molar-refractivity contribution in [1.29, 1.82) is 0 Å². The van der Waals surface area contributed by atoms with Crippen LogP contribution < -0.4 is 5.73 Å². The van der Waals surface area contributed by atoms with E-state index >= 15 is 0 Å². The van der Waals surface area contributed by atoms with Crippen molar-refractivity contribution in [2.45, 2.75) is 26.4 Å². The number of ether oxygens (including phenoxy) is 1. The molecule has 2 N–H and O–H groups in total. The molecule has 0 saturated heterocycles. The highest BCUT2D eigenvalue weighted by Crippen LogP contribution is 2.26. The maximum Gasteiger partial charge on any atom is 0.258 e. The van der Waals surface area contributed by atoms with Gasteiger partial charge in [0.25, 0.3) is 5.89 Å². The molecule has 0 fully saturated rings. The molecule has 0 aliphatic heterocycles. The van der Waals surface area contributed by atoms with Gasteiger partial charge in [-0.2, -0.15) is 4.98 Å². The number of amides is 1. The molecule has 27 heavy (non-hydrogen) atoms. The van der Waals surface area contributed by atoms with Gasteiger partial charge in [-0.3, -0.25) is 4.79 Å². The Morgan fingerprint density at radius 3 is 2.67 bits per heavy atom. The quantitative estimate of drug-likeness (QED) is 0.689. The molecule has 3 rings (SSSR count). The molecule has 0 spiro atoms. The number of aromatic nitrogens is 2. The Morgan fingerprint density at radius 1 is 1.19 bits per heavy atom. The predicted molar refractivity (Wildman–Crippen MR) is 98.1 cm³/mol. The van der Waals surface area contributed by atoms with Gasteiger partial charge in [-0.05, 0) is 48.2 Å². The van der Waals surface area contributed by atoms with Gasteiger partial charge in [0.1, 0.15) is 5.82 Å². The number of aryl methyl sites for hydroxylation is 2. The third-order valence-corrected chi connectivity index (χ3v) is 4.27. The standard InChI is InChI=1S/C20H20FN3O3/c1-12-3-4-15(9-16(12)11-26-2)20-23-19(24-27-20)14-6-5-13(17(21)10-14)7-8-18(22)25/h3-6,9-10H,7-8,11H2,1-2H3,(H2,22,25). The average Bonchev–Trinajstić information content (AvgIpc) is 3.12. The Morgan fingerprint density at radius 2 is 1.96 bits per heavy atom. The van der Waals surface area contributed by atoms with Crippen molar-refractivity contribution >= 4 is 5.91 Å². The summed E-state index contributed by atoms with van der Waals surface area (Å²) in [7, 11) is 1.64. The summed E-state index contributed by atoms with van der Waals surface area (Å²) in [5, 5.41) is 3.95. The van der Waals surface area contributed by atoms with E-state index in [1.807, 2.05) is 25.1 Å². The van der Waals surface area contributed by atoms with Gasteiger partial charge in [0, 0.05) is 24.7 Å². The van der Waals surface area contributed by atoms with Crippen molar-refractivity contribution < 1.29 is 18.4 Å². The molecule has 0 aliphatic rings. The van der Waals surface area contributed by atoms with Crippen molar-refractivity contribution in [1.82, 2.24) is 10.1 Å². The van der Waals surface area contributed by atoms with Gasteiger partial charge in [-0.1, -0.05) is 23.4 Å². The Kier molecular flexibility index (Phi) is 5.61. The van der Waals surface area contributed by atoms with Crippen LogP contribution in [0.3, 0.4) is 0 Å². The first-order valence-electron chi connectivity index (χ1n) is 8.47. The van der Waals surface area contributed by atoms with Crippen molar-refractivity contribution in [3.63, 3.8) is 0 Å². The minimum atomic E-state index is -0.466. The van der Waals surface area contributed by atoms with Crippen LogP contribution in [0, 0.1) is 12.7 Å². The fourth-order valence-electron chi connectivity index (χ4n) is 2.72. The fraction of sp³-hybridized carbons (Fsp3) is 0.250. The molecule has 1 aromatic heterocycles. The maximum absolute atomic E-state index is 14.2. The summed E-state index contributed by atoms with van der Waals surface area (Å²) in [5.74, 6) is -0.259. The summed E-state index contributed by atoms with van der Waals surface area (Å²) in [6.07, 6.45) is 0.352. The number of hydrogen-bond donors (Lipinski definition) is 1. The van der Waals surface area contributed by atoms with Crippen LogP contribution in [0.25, 0.3) is 22.8 Å². The van der Waals surface area contributed by atoms with Crippen LogP contribution in [0.5, 0.6) is 0 Å². The molecule has 3 aromatic rings. The average molecular weight is 369 g/mol. The van der Waals surface area contributed by atoms with Crippen molar-refractivity contribution in [3.8, 4) is 22.8 Å². The summed E-state index contributed by atoms with van der Waals surface area (Å²) in [5.41, 5.74) is 8.92. The monoisotopic (exact) mass is 369 g/mol. The van der Waals surface area contributed by atoms with Gasteiger partial charge in [-0.15, -0.1) is 0 Å². The number of hydrogen-bond acceptors (Lipinski definition) is 5. The third kappa shape index (κ3) is 4.38. The molecule has 0 bridgehead atoms. The van der Waals surface area contributed by atoms with E-state index in [2.05, 4.69) is 10.1 Å². The van der Waals surface area contributed by atoms with Crippen molar-refractivity contribution in [2.24, 2.45) is 5.73 Å². The second kappa shape index (κ2) is 8.09. The van der Waals surface area contributed by atoms with E-state index in [1.165, 1.54) is 6.07 Å². The molecule has 2 aromatic carbocycles. The number of nitrogens with zero attached hydrogens (tertiary/aromatic N) is 2. The van der Waals surface area contributed by atoms with E-state index in [9.17, 15) is 9.18 Å². The SMILES string of the molecule is COCc1cc(-c2nc(-c3ccc(CCC(N)=O)c(F)c3)no2)ccc1C. The van der Waals surface area contributed by atoms with Gasteiger partial charge >= 0.3 is 0 Å². The van der Waals surface area contributed by atoms with E-state index in [-0.39, 0.29) is 12.8 Å². The summed E-state index contributed by atoms with van der Waals surface area (Å²) in [6, 6.07) is 10.4. The highest BCUT2D eigenvalue weighted by atomic mass is 19.1. The summed E-state index contributed by atoms with van der Waals surface area (Å²) < 4.78 is 24.8. The number of carbonyl (C=O) groups excluding carboxylic acids is 1. The van der Waals surface area contributed by atoms with Crippen LogP contribution >= 0.6 is 0 Å². The van der Waals surface area contributed by atoms with E-state index < -0.39 is 11.7 Å². The lowest BCUT2D eigenvalue weighted by Gasteiger charge is -2.05. The van der Waals surface area contributed by atoms with Crippen LogP contribution in [0.4, 0.5) is 4.39 Å². The minimum Gasteiger partial charge on any atom is -0.380 e. The Hall–Kier alpha value is -3.06. The Bertz CT molecular complexity index is 969. The fourth-order valence-corrected chi connectivity index (χ4v) is 2.72. The van der Waals surface area contributed by atoms with Crippen LogP contribution in [0.15, 0.2) is 40.9 Å². The highest BCUT2D eigenvalue weighted by molar-refractivity contribution is 5.74. The lowest BCUT2D eigenvalue weighted by molar-refractivity contribution is -0.117. The molecule has 1 amide bonds. The topological polar surface area (TPSA) is 91.2 Å². The summed E-state index contributed by atoms with van der Waals surface area (Å²) in [6.45, 7) is 2.48. The smallest absolute Gasteiger partial charge is 0.258 e. The summed E-state index contributed by atoms with van der Waals surface area (Å²) in [4.78, 5) is 15.2. The van der Waals surface area contributed by atoms with Crippen LogP contribution in [0.2, 0.25) is 0 Å². The number of primary amides is 1. The first-order chi connectivity index (χ1) is 13.0. The van der Waals surface area contributed by atoms with Gasteiger partial charge in [0.05, 0.1) is 6.61 Å². The minimum absolute atomic E-state index is 0.0971. The first kappa shape index (κ1) is 18.7. The largest absolute Gasteiger partial charge is 0.380 e. The van der Waals surface area contributed by atoms with E-state index in [0.717, 1.165) is 16.7 Å².